The molecule has 0 saturated carbocycles. The molecule has 92 valence electrons. The van der Waals surface area contributed by atoms with Crippen LogP contribution in [0, 0.1) is 5.92 Å². The minimum Gasteiger partial charge on any atom is -0.481 e. The molecule has 18 heavy (non-hydrogen) atoms. The van der Waals surface area contributed by atoms with Gasteiger partial charge in [0.25, 0.3) is 0 Å². The zero-order valence-corrected chi connectivity index (χ0v) is 9.84. The molecule has 0 amide bonds. The predicted molar refractivity (Wildman–Crippen MR) is 68.5 cm³/mol. The number of carbonyl (C=O) groups is 1. The van der Waals surface area contributed by atoms with Crippen molar-refractivity contribution in [2.45, 2.75) is 5.92 Å². The van der Waals surface area contributed by atoms with Gasteiger partial charge in [0.2, 0.25) is 0 Å². The molecule has 1 aromatic heterocycles. The SMILES string of the molecule is O=C(O)C1CNCC1c1cncc2ccccc12. The molecule has 3 rings (SSSR count). The van der Waals surface area contributed by atoms with Crippen LogP contribution in [0.25, 0.3) is 10.8 Å². The number of carboxylic acid groups (broad SMARTS) is 1. The Balaban J connectivity index is 2.11. The number of carboxylic acids is 1. The quantitative estimate of drug-likeness (QED) is 0.840. The summed E-state index contributed by atoms with van der Waals surface area (Å²) >= 11 is 0. The Labute approximate surface area is 105 Å². The number of hydrogen-bond acceptors (Lipinski definition) is 3. The number of nitrogens with one attached hydrogen (secondary N) is 1. The van der Waals surface area contributed by atoms with Gasteiger partial charge in [0.15, 0.2) is 0 Å². The molecule has 0 bridgehead atoms. The highest BCUT2D eigenvalue weighted by Crippen LogP contribution is 2.32. The van der Waals surface area contributed by atoms with E-state index in [-0.39, 0.29) is 11.8 Å². The summed E-state index contributed by atoms with van der Waals surface area (Å²) in [5.41, 5.74) is 1.03. The normalized spacial score (nSPS) is 23.3. The second-order valence-electron chi connectivity index (χ2n) is 4.66. The van der Waals surface area contributed by atoms with Crippen LogP contribution in [0.2, 0.25) is 0 Å². The molecule has 2 heterocycles. The predicted octanol–water partition coefficient (Wildman–Crippen LogP) is 1.62. The maximum Gasteiger partial charge on any atom is 0.308 e. The second-order valence-corrected chi connectivity index (χ2v) is 4.66. The van der Waals surface area contributed by atoms with Crippen LogP contribution in [0.3, 0.4) is 0 Å². The van der Waals surface area contributed by atoms with Crippen LogP contribution >= 0.6 is 0 Å². The molecule has 1 aliphatic heterocycles. The summed E-state index contributed by atoms with van der Waals surface area (Å²) in [7, 11) is 0. The molecule has 1 aliphatic rings. The van der Waals surface area contributed by atoms with Crippen molar-refractivity contribution in [1.29, 1.82) is 0 Å². The van der Waals surface area contributed by atoms with Crippen LogP contribution in [0.15, 0.2) is 36.7 Å². The lowest BCUT2D eigenvalue weighted by atomic mass is 9.87. The third-order valence-corrected chi connectivity index (χ3v) is 3.63. The van der Waals surface area contributed by atoms with Crippen LogP contribution in [0.4, 0.5) is 0 Å². The van der Waals surface area contributed by atoms with E-state index in [0.717, 1.165) is 16.3 Å². The standard InChI is InChI=1S/C14H14N2O2/c17-14(18)13-8-16-7-12(13)11-6-15-5-9-3-1-2-4-10(9)11/h1-6,12-13,16H,7-8H2,(H,17,18). The third-order valence-electron chi connectivity index (χ3n) is 3.63. The van der Waals surface area contributed by atoms with Crippen molar-refractivity contribution in [1.82, 2.24) is 10.3 Å². The topological polar surface area (TPSA) is 62.2 Å². The molecule has 2 atom stereocenters. The minimum atomic E-state index is -0.738. The fourth-order valence-corrected chi connectivity index (χ4v) is 2.70. The van der Waals surface area contributed by atoms with Crippen molar-refractivity contribution in [3.8, 4) is 0 Å². The number of nitrogens with zero attached hydrogens (tertiary/aromatic N) is 1. The molecule has 1 saturated heterocycles. The average molecular weight is 242 g/mol. The summed E-state index contributed by atoms with van der Waals surface area (Å²) in [5.74, 6) is -1.10. The molecule has 4 heteroatoms. The van der Waals surface area contributed by atoms with E-state index in [0.29, 0.717) is 13.1 Å². The maximum atomic E-state index is 11.3. The summed E-state index contributed by atoms with van der Waals surface area (Å²) in [6, 6.07) is 7.98. The van der Waals surface area contributed by atoms with Gasteiger partial charge in [0.1, 0.15) is 0 Å². The number of hydrogen-bond donors (Lipinski definition) is 2. The fraction of sp³-hybridized carbons (Fsp3) is 0.286. The first-order valence-corrected chi connectivity index (χ1v) is 6.03. The van der Waals surface area contributed by atoms with Crippen LogP contribution < -0.4 is 5.32 Å². The van der Waals surface area contributed by atoms with E-state index >= 15 is 0 Å². The van der Waals surface area contributed by atoms with Gasteiger partial charge in [-0.15, -0.1) is 0 Å². The Hall–Kier alpha value is -1.94. The molecule has 4 nitrogen and oxygen atoms in total. The van der Waals surface area contributed by atoms with Crippen molar-refractivity contribution < 1.29 is 9.90 Å². The Morgan fingerprint density at radius 2 is 2.11 bits per heavy atom. The van der Waals surface area contributed by atoms with Crippen molar-refractivity contribution in [3.63, 3.8) is 0 Å². The Kier molecular flexibility index (Phi) is 2.72. The van der Waals surface area contributed by atoms with Crippen LogP contribution in [-0.4, -0.2) is 29.1 Å². The van der Waals surface area contributed by atoms with Crippen molar-refractivity contribution >= 4 is 16.7 Å². The number of aliphatic carboxylic acids is 1. The van der Waals surface area contributed by atoms with E-state index in [9.17, 15) is 9.90 Å². The highest BCUT2D eigenvalue weighted by Gasteiger charge is 2.34. The molecule has 1 fully saturated rings. The number of benzene rings is 1. The smallest absolute Gasteiger partial charge is 0.308 e. The van der Waals surface area contributed by atoms with E-state index in [1.165, 1.54) is 0 Å². The van der Waals surface area contributed by atoms with Gasteiger partial charge >= 0.3 is 5.97 Å². The lowest BCUT2D eigenvalue weighted by Crippen LogP contribution is -2.21. The number of rotatable bonds is 2. The molecule has 0 radical (unpaired) electrons. The van der Waals surface area contributed by atoms with E-state index < -0.39 is 5.97 Å². The highest BCUT2D eigenvalue weighted by molar-refractivity contribution is 5.86. The Morgan fingerprint density at radius 3 is 2.94 bits per heavy atom. The lowest BCUT2D eigenvalue weighted by molar-refractivity contribution is -0.141. The van der Waals surface area contributed by atoms with Crippen LogP contribution in [0.1, 0.15) is 11.5 Å². The van der Waals surface area contributed by atoms with Gasteiger partial charge in [-0.1, -0.05) is 24.3 Å². The first-order chi connectivity index (χ1) is 8.77. The molecule has 0 spiro atoms. The molecule has 2 unspecified atom stereocenters. The number of fused-ring (bicyclic) bond motifs is 1. The highest BCUT2D eigenvalue weighted by atomic mass is 16.4. The van der Waals surface area contributed by atoms with Gasteiger partial charge in [-0.3, -0.25) is 9.78 Å². The van der Waals surface area contributed by atoms with E-state index in [1.807, 2.05) is 30.5 Å². The van der Waals surface area contributed by atoms with E-state index in [2.05, 4.69) is 10.3 Å². The zero-order valence-electron chi connectivity index (χ0n) is 9.84. The molecular weight excluding hydrogens is 228 g/mol. The maximum absolute atomic E-state index is 11.3. The number of aromatic nitrogens is 1. The van der Waals surface area contributed by atoms with E-state index in [1.54, 1.807) is 6.20 Å². The van der Waals surface area contributed by atoms with Gasteiger partial charge in [-0.2, -0.15) is 0 Å². The first kappa shape index (κ1) is 11.2. The minimum absolute atomic E-state index is 0.00102. The lowest BCUT2D eigenvalue weighted by Gasteiger charge is -2.16. The van der Waals surface area contributed by atoms with Gasteiger partial charge in [-0.25, -0.2) is 0 Å². The van der Waals surface area contributed by atoms with Gasteiger partial charge in [-0.05, 0) is 10.9 Å². The molecule has 2 aromatic rings. The van der Waals surface area contributed by atoms with Gasteiger partial charge in [0.05, 0.1) is 5.92 Å². The average Bonchev–Trinajstić information content (AvgIpc) is 2.87. The summed E-state index contributed by atoms with van der Waals surface area (Å²) in [6.45, 7) is 1.23. The van der Waals surface area contributed by atoms with Gasteiger partial charge < -0.3 is 10.4 Å². The summed E-state index contributed by atoms with van der Waals surface area (Å²) in [4.78, 5) is 15.5. The van der Waals surface area contributed by atoms with Crippen molar-refractivity contribution in [2.75, 3.05) is 13.1 Å². The Morgan fingerprint density at radius 1 is 1.28 bits per heavy atom. The summed E-state index contributed by atoms with van der Waals surface area (Å²) < 4.78 is 0. The Bertz CT molecular complexity index is 592. The molecule has 2 N–H and O–H groups in total. The summed E-state index contributed by atoms with van der Waals surface area (Å²) in [6.07, 6.45) is 3.62. The number of pyridine rings is 1. The third kappa shape index (κ3) is 1.75. The fourth-order valence-electron chi connectivity index (χ4n) is 2.70. The second kappa shape index (κ2) is 4.38. The van der Waals surface area contributed by atoms with E-state index in [4.69, 9.17) is 0 Å². The van der Waals surface area contributed by atoms with Crippen LogP contribution in [0.5, 0.6) is 0 Å². The molecular formula is C14H14N2O2. The molecule has 1 aromatic carbocycles. The first-order valence-electron chi connectivity index (χ1n) is 6.03. The monoisotopic (exact) mass is 242 g/mol. The van der Waals surface area contributed by atoms with Crippen molar-refractivity contribution in [3.05, 3.63) is 42.2 Å². The van der Waals surface area contributed by atoms with Gasteiger partial charge in [0, 0.05) is 36.8 Å². The molecule has 0 aliphatic carbocycles. The van der Waals surface area contributed by atoms with Crippen molar-refractivity contribution in [2.24, 2.45) is 5.92 Å². The summed E-state index contributed by atoms with van der Waals surface area (Å²) in [5, 5.41) is 14.6. The van der Waals surface area contributed by atoms with Crippen LogP contribution in [-0.2, 0) is 4.79 Å². The zero-order chi connectivity index (χ0) is 12.5. The largest absolute Gasteiger partial charge is 0.481 e.